The zero-order valence-corrected chi connectivity index (χ0v) is 19.7. The largest absolute Gasteiger partial charge is 0.480 e. The van der Waals surface area contributed by atoms with Crippen LogP contribution in [0.3, 0.4) is 0 Å². The highest BCUT2D eigenvalue weighted by Crippen LogP contribution is 2.44. The number of ether oxygens (including phenoxy) is 1. The van der Waals surface area contributed by atoms with Crippen molar-refractivity contribution in [3.8, 4) is 11.1 Å². The first-order valence-corrected chi connectivity index (χ1v) is 12.3. The van der Waals surface area contributed by atoms with Crippen LogP contribution < -0.4 is 5.32 Å². The second-order valence-corrected chi connectivity index (χ2v) is 9.67. The Kier molecular flexibility index (Phi) is 6.72. The van der Waals surface area contributed by atoms with Crippen molar-refractivity contribution >= 4 is 18.0 Å². The average molecular weight is 478 g/mol. The third-order valence-electron chi connectivity index (χ3n) is 7.32. The van der Waals surface area contributed by atoms with Crippen molar-refractivity contribution in [2.75, 3.05) is 39.3 Å². The molecule has 2 aromatic carbocycles. The minimum Gasteiger partial charge on any atom is -0.480 e. The highest BCUT2D eigenvalue weighted by Gasteiger charge is 2.36. The summed E-state index contributed by atoms with van der Waals surface area (Å²) < 4.78 is 5.69. The Bertz CT molecular complexity index is 1060. The number of nitrogens with one attached hydrogen (secondary N) is 1. The molecule has 0 spiro atoms. The molecule has 2 aromatic rings. The molecular weight excluding hydrogens is 446 g/mol. The van der Waals surface area contributed by atoms with E-state index >= 15 is 0 Å². The van der Waals surface area contributed by atoms with Crippen LogP contribution in [0.25, 0.3) is 11.1 Å². The number of amides is 2. The first-order chi connectivity index (χ1) is 17.0. The van der Waals surface area contributed by atoms with Crippen molar-refractivity contribution in [2.24, 2.45) is 5.92 Å². The third-order valence-corrected chi connectivity index (χ3v) is 7.32. The number of benzene rings is 2. The maximum Gasteiger partial charge on any atom is 0.407 e. The number of nitrogens with zero attached hydrogens (tertiary/aromatic N) is 2. The zero-order valence-electron chi connectivity index (χ0n) is 19.7. The molecule has 1 unspecified atom stereocenters. The molecule has 2 N–H and O–H groups in total. The Morgan fingerprint density at radius 3 is 2.11 bits per heavy atom. The number of carbonyl (C=O) groups excluding carboxylic acids is 2. The Morgan fingerprint density at radius 1 is 0.943 bits per heavy atom. The van der Waals surface area contributed by atoms with Crippen molar-refractivity contribution in [3.63, 3.8) is 0 Å². The van der Waals surface area contributed by atoms with E-state index in [2.05, 4.69) is 29.6 Å². The molecule has 3 aliphatic rings. The van der Waals surface area contributed by atoms with Crippen LogP contribution in [0.2, 0.25) is 0 Å². The summed E-state index contributed by atoms with van der Waals surface area (Å²) in [7, 11) is 0. The molecule has 1 saturated carbocycles. The van der Waals surface area contributed by atoms with E-state index in [4.69, 9.17) is 9.84 Å². The molecule has 1 saturated heterocycles. The van der Waals surface area contributed by atoms with Crippen LogP contribution in [0.5, 0.6) is 0 Å². The van der Waals surface area contributed by atoms with Crippen LogP contribution in [0.15, 0.2) is 48.5 Å². The number of aliphatic carboxylic acids is 1. The fraction of sp³-hybridized carbons (Fsp3) is 0.444. The van der Waals surface area contributed by atoms with Crippen LogP contribution in [-0.4, -0.2) is 78.2 Å². The molecule has 1 heterocycles. The van der Waals surface area contributed by atoms with Crippen molar-refractivity contribution < 1.29 is 24.2 Å². The lowest BCUT2D eigenvalue weighted by atomic mass is 9.98. The smallest absolute Gasteiger partial charge is 0.407 e. The summed E-state index contributed by atoms with van der Waals surface area (Å²) in [5.74, 6) is -0.564. The predicted octanol–water partition coefficient (Wildman–Crippen LogP) is 2.92. The lowest BCUT2D eigenvalue weighted by molar-refractivity contribution is -0.139. The van der Waals surface area contributed by atoms with Gasteiger partial charge in [-0.15, -0.1) is 0 Å². The Hall–Kier alpha value is -3.39. The summed E-state index contributed by atoms with van der Waals surface area (Å²) in [6.45, 7) is 2.35. The number of fused-ring (bicyclic) bond motifs is 3. The maximum absolute atomic E-state index is 12.9. The summed E-state index contributed by atoms with van der Waals surface area (Å²) >= 11 is 0. The zero-order chi connectivity index (χ0) is 24.4. The molecule has 1 aliphatic heterocycles. The molecule has 1 atom stereocenters. The topological polar surface area (TPSA) is 99.2 Å². The molecule has 0 bridgehead atoms. The highest BCUT2D eigenvalue weighted by molar-refractivity contribution is 5.80. The fourth-order valence-corrected chi connectivity index (χ4v) is 5.29. The van der Waals surface area contributed by atoms with Gasteiger partial charge in [0.15, 0.2) is 0 Å². The molecule has 2 fully saturated rings. The minimum absolute atomic E-state index is 0.00347. The number of hydrogen-bond donors (Lipinski definition) is 2. The lowest BCUT2D eigenvalue weighted by Gasteiger charge is -2.34. The van der Waals surface area contributed by atoms with E-state index in [0.717, 1.165) is 24.0 Å². The van der Waals surface area contributed by atoms with Crippen LogP contribution >= 0.6 is 0 Å². The normalized spacial score (nSPS) is 18.5. The second-order valence-electron chi connectivity index (χ2n) is 9.67. The lowest BCUT2D eigenvalue weighted by Crippen LogP contribution is -2.51. The first kappa shape index (κ1) is 23.4. The highest BCUT2D eigenvalue weighted by atomic mass is 16.5. The molecule has 2 amide bonds. The monoisotopic (exact) mass is 477 g/mol. The summed E-state index contributed by atoms with van der Waals surface area (Å²) in [5, 5.41) is 11.9. The number of alkyl carbamates (subject to hydrolysis) is 1. The number of carboxylic acids is 1. The van der Waals surface area contributed by atoms with E-state index in [0.29, 0.717) is 32.1 Å². The fourth-order valence-electron chi connectivity index (χ4n) is 5.29. The van der Waals surface area contributed by atoms with E-state index < -0.39 is 12.1 Å². The van der Waals surface area contributed by atoms with Gasteiger partial charge in [0.1, 0.15) is 6.61 Å². The Balaban J connectivity index is 1.15. The van der Waals surface area contributed by atoms with E-state index in [1.165, 1.54) is 11.1 Å². The number of rotatable bonds is 8. The van der Waals surface area contributed by atoms with Gasteiger partial charge in [-0.05, 0) is 41.0 Å². The Morgan fingerprint density at radius 2 is 1.54 bits per heavy atom. The minimum atomic E-state index is -0.856. The molecule has 5 rings (SSSR count). The molecule has 2 aliphatic carbocycles. The predicted molar refractivity (Wildman–Crippen MR) is 130 cm³/mol. The summed E-state index contributed by atoms with van der Waals surface area (Å²) in [6, 6.07) is 16.2. The van der Waals surface area contributed by atoms with E-state index in [9.17, 15) is 14.4 Å². The molecule has 184 valence electrons. The first-order valence-electron chi connectivity index (χ1n) is 12.3. The summed E-state index contributed by atoms with van der Waals surface area (Å²) in [4.78, 5) is 40.1. The van der Waals surface area contributed by atoms with Gasteiger partial charge in [0, 0.05) is 44.6 Å². The second kappa shape index (κ2) is 10.1. The van der Waals surface area contributed by atoms with Gasteiger partial charge in [-0.25, -0.2) is 4.79 Å². The van der Waals surface area contributed by atoms with Gasteiger partial charge in [0.2, 0.25) is 5.91 Å². The number of carbonyl (C=O) groups is 3. The summed E-state index contributed by atoms with van der Waals surface area (Å²) in [5.41, 5.74) is 4.69. The SMILES string of the molecule is O=C(O)CN1CCN(C(=O)CC(NC(=O)OCC2c3ccccc3-c3ccccc32)C2CC2)CC1. The molecule has 8 nitrogen and oxygen atoms in total. The van der Waals surface area contributed by atoms with Crippen LogP contribution in [0.1, 0.15) is 36.3 Å². The van der Waals surface area contributed by atoms with Crippen molar-refractivity contribution in [1.82, 2.24) is 15.1 Å². The van der Waals surface area contributed by atoms with Crippen molar-refractivity contribution in [1.29, 1.82) is 0 Å². The standard InChI is InChI=1S/C27H31N3O5/c31-25(30-13-11-29(12-14-30)16-26(32)33)15-24(18-9-10-18)28-27(34)35-17-23-21-7-3-1-5-19(21)20-6-2-4-8-22(20)23/h1-8,18,23-24H,9-17H2,(H,28,34)(H,32,33). The van der Waals surface area contributed by atoms with Gasteiger partial charge < -0.3 is 20.1 Å². The number of carboxylic acid groups (broad SMARTS) is 1. The number of hydrogen-bond acceptors (Lipinski definition) is 5. The van der Waals surface area contributed by atoms with Crippen LogP contribution in [0, 0.1) is 5.92 Å². The van der Waals surface area contributed by atoms with Gasteiger partial charge in [-0.2, -0.15) is 0 Å². The summed E-state index contributed by atoms with van der Waals surface area (Å²) in [6.07, 6.45) is 1.75. The molecule has 0 aromatic heterocycles. The van der Waals surface area contributed by atoms with Gasteiger partial charge in [0.25, 0.3) is 0 Å². The molecule has 0 radical (unpaired) electrons. The van der Waals surface area contributed by atoms with Crippen LogP contribution in [-0.2, 0) is 14.3 Å². The van der Waals surface area contributed by atoms with Gasteiger partial charge >= 0.3 is 12.1 Å². The molecular formula is C27H31N3O5. The van der Waals surface area contributed by atoms with E-state index in [1.54, 1.807) is 4.90 Å². The molecule has 35 heavy (non-hydrogen) atoms. The van der Waals surface area contributed by atoms with Gasteiger partial charge in [-0.1, -0.05) is 48.5 Å². The third kappa shape index (κ3) is 5.32. The van der Waals surface area contributed by atoms with Gasteiger partial charge in [-0.3, -0.25) is 14.5 Å². The van der Waals surface area contributed by atoms with E-state index in [1.807, 2.05) is 29.2 Å². The molecule has 8 heteroatoms. The van der Waals surface area contributed by atoms with Gasteiger partial charge in [0.05, 0.1) is 6.54 Å². The van der Waals surface area contributed by atoms with Crippen molar-refractivity contribution in [3.05, 3.63) is 59.7 Å². The number of piperazine rings is 1. The van der Waals surface area contributed by atoms with E-state index in [-0.39, 0.29) is 37.4 Å². The van der Waals surface area contributed by atoms with Crippen molar-refractivity contribution in [2.45, 2.75) is 31.2 Å². The Labute approximate surface area is 204 Å². The average Bonchev–Trinajstić information content (AvgIpc) is 3.65. The van der Waals surface area contributed by atoms with Crippen LogP contribution in [0.4, 0.5) is 4.79 Å². The quantitative estimate of drug-likeness (QED) is 0.607. The maximum atomic E-state index is 12.9.